The second-order valence-corrected chi connectivity index (χ2v) is 6.39. The van der Waals surface area contributed by atoms with Crippen LogP contribution in [0.2, 0.25) is 0 Å². The standard InChI is InChI=1S/C13H15Br2F/c1-13(8-14,10-3-4-10)7-9-2-5-11(16)6-12(9)15/h2,5-6,10H,3-4,7-8H2,1H3. The molecule has 0 N–H and O–H groups in total. The van der Waals surface area contributed by atoms with E-state index in [4.69, 9.17) is 0 Å². The molecule has 0 nitrogen and oxygen atoms in total. The van der Waals surface area contributed by atoms with Crippen LogP contribution in [0, 0.1) is 17.2 Å². The van der Waals surface area contributed by atoms with E-state index in [9.17, 15) is 4.39 Å². The molecule has 2 rings (SSSR count). The Kier molecular flexibility index (Phi) is 3.75. The molecule has 1 aliphatic rings. The first-order valence-electron chi connectivity index (χ1n) is 5.55. The maximum absolute atomic E-state index is 13.0. The maximum Gasteiger partial charge on any atom is 0.124 e. The SMILES string of the molecule is CC(CBr)(Cc1ccc(F)cc1Br)C1CC1. The van der Waals surface area contributed by atoms with Crippen LogP contribution in [0.15, 0.2) is 22.7 Å². The van der Waals surface area contributed by atoms with Crippen LogP contribution in [0.3, 0.4) is 0 Å². The molecule has 3 heteroatoms. The minimum Gasteiger partial charge on any atom is -0.207 e. The Labute approximate surface area is 113 Å². The quantitative estimate of drug-likeness (QED) is 0.675. The lowest BCUT2D eigenvalue weighted by Gasteiger charge is -2.28. The van der Waals surface area contributed by atoms with Crippen LogP contribution in [0.25, 0.3) is 0 Å². The van der Waals surface area contributed by atoms with Crippen LogP contribution in [-0.2, 0) is 6.42 Å². The van der Waals surface area contributed by atoms with Crippen molar-refractivity contribution in [2.45, 2.75) is 26.2 Å². The summed E-state index contributed by atoms with van der Waals surface area (Å²) in [4.78, 5) is 0. The molecule has 0 spiro atoms. The molecule has 1 fully saturated rings. The average molecular weight is 350 g/mol. The Hall–Kier alpha value is 0.110. The van der Waals surface area contributed by atoms with Crippen LogP contribution < -0.4 is 0 Å². The number of alkyl halides is 1. The third-order valence-electron chi connectivity index (χ3n) is 3.48. The minimum atomic E-state index is -0.178. The van der Waals surface area contributed by atoms with Crippen molar-refractivity contribution in [2.24, 2.45) is 11.3 Å². The predicted molar refractivity (Wildman–Crippen MR) is 72.4 cm³/mol. The Balaban J connectivity index is 2.18. The smallest absolute Gasteiger partial charge is 0.124 e. The molecule has 1 atom stereocenters. The lowest BCUT2D eigenvalue weighted by molar-refractivity contribution is 0.318. The molecule has 0 bridgehead atoms. The summed E-state index contributed by atoms with van der Waals surface area (Å²) < 4.78 is 13.9. The first-order valence-corrected chi connectivity index (χ1v) is 7.46. The fourth-order valence-corrected chi connectivity index (χ4v) is 3.33. The molecule has 1 aromatic rings. The van der Waals surface area contributed by atoms with Crippen molar-refractivity contribution in [1.29, 1.82) is 0 Å². The van der Waals surface area contributed by atoms with Gasteiger partial charge in [-0.25, -0.2) is 4.39 Å². The molecule has 1 unspecified atom stereocenters. The van der Waals surface area contributed by atoms with E-state index in [1.165, 1.54) is 18.4 Å². The summed E-state index contributed by atoms with van der Waals surface area (Å²) in [5.74, 6) is 0.645. The van der Waals surface area contributed by atoms with Crippen LogP contribution in [0.1, 0.15) is 25.3 Å². The van der Waals surface area contributed by atoms with Crippen LogP contribution in [-0.4, -0.2) is 5.33 Å². The number of halogens is 3. The highest BCUT2D eigenvalue weighted by molar-refractivity contribution is 9.10. The maximum atomic E-state index is 13.0. The van der Waals surface area contributed by atoms with E-state index < -0.39 is 0 Å². The van der Waals surface area contributed by atoms with Gasteiger partial charge in [-0.15, -0.1) is 0 Å². The molecule has 88 valence electrons. The zero-order valence-corrected chi connectivity index (χ0v) is 12.4. The largest absolute Gasteiger partial charge is 0.207 e. The fraction of sp³-hybridized carbons (Fsp3) is 0.538. The van der Waals surface area contributed by atoms with Gasteiger partial charge in [-0.3, -0.25) is 0 Å². The van der Waals surface area contributed by atoms with Crippen LogP contribution >= 0.6 is 31.9 Å². The van der Waals surface area contributed by atoms with Gasteiger partial charge < -0.3 is 0 Å². The molecule has 16 heavy (non-hydrogen) atoms. The van der Waals surface area contributed by atoms with Gasteiger partial charge in [0, 0.05) is 9.80 Å². The lowest BCUT2D eigenvalue weighted by Crippen LogP contribution is -2.24. The molecule has 1 aliphatic carbocycles. The Morgan fingerprint density at radius 2 is 2.12 bits per heavy atom. The number of hydrogen-bond donors (Lipinski definition) is 0. The van der Waals surface area contributed by atoms with Gasteiger partial charge in [0.1, 0.15) is 5.82 Å². The van der Waals surface area contributed by atoms with Gasteiger partial charge in [0.15, 0.2) is 0 Å². The molecule has 0 aromatic heterocycles. The van der Waals surface area contributed by atoms with E-state index in [1.807, 2.05) is 6.07 Å². The van der Waals surface area contributed by atoms with Gasteiger partial charge in [-0.05, 0) is 48.3 Å². The highest BCUT2D eigenvalue weighted by Gasteiger charge is 2.40. The monoisotopic (exact) mass is 348 g/mol. The van der Waals surface area contributed by atoms with E-state index in [-0.39, 0.29) is 5.82 Å². The predicted octanol–water partition coefficient (Wildman–Crippen LogP) is 4.94. The van der Waals surface area contributed by atoms with E-state index in [1.54, 1.807) is 12.1 Å². The summed E-state index contributed by atoms with van der Waals surface area (Å²) in [7, 11) is 0. The van der Waals surface area contributed by atoms with Gasteiger partial charge in [0.05, 0.1) is 0 Å². The second kappa shape index (κ2) is 4.77. The summed E-state index contributed by atoms with van der Waals surface area (Å²) in [6.45, 7) is 2.31. The highest BCUT2D eigenvalue weighted by Crippen LogP contribution is 2.48. The molecule has 0 radical (unpaired) electrons. The number of hydrogen-bond acceptors (Lipinski definition) is 0. The zero-order chi connectivity index (χ0) is 11.8. The molecular weight excluding hydrogens is 335 g/mol. The van der Waals surface area contributed by atoms with E-state index in [0.29, 0.717) is 5.41 Å². The summed E-state index contributed by atoms with van der Waals surface area (Å²) in [5.41, 5.74) is 1.51. The van der Waals surface area contributed by atoms with Crippen molar-refractivity contribution in [3.05, 3.63) is 34.1 Å². The Bertz CT molecular complexity index is 388. The summed E-state index contributed by atoms with van der Waals surface area (Å²) in [6, 6.07) is 4.99. The molecule has 0 amide bonds. The number of rotatable bonds is 4. The van der Waals surface area contributed by atoms with Crippen molar-refractivity contribution >= 4 is 31.9 Å². The van der Waals surface area contributed by atoms with Gasteiger partial charge in [0.2, 0.25) is 0 Å². The molecule has 0 heterocycles. The summed E-state index contributed by atoms with van der Waals surface area (Å²) in [5, 5.41) is 1.01. The van der Waals surface area contributed by atoms with Crippen molar-refractivity contribution in [3.8, 4) is 0 Å². The summed E-state index contributed by atoms with van der Waals surface area (Å²) in [6.07, 6.45) is 3.67. The average Bonchev–Trinajstić information content (AvgIpc) is 3.06. The molecule has 1 saturated carbocycles. The topological polar surface area (TPSA) is 0 Å². The first kappa shape index (κ1) is 12.6. The zero-order valence-electron chi connectivity index (χ0n) is 9.27. The van der Waals surface area contributed by atoms with Gasteiger partial charge >= 0.3 is 0 Å². The van der Waals surface area contributed by atoms with E-state index >= 15 is 0 Å². The van der Waals surface area contributed by atoms with E-state index in [2.05, 4.69) is 38.8 Å². The molecule has 1 aromatic carbocycles. The van der Waals surface area contributed by atoms with Crippen molar-refractivity contribution in [3.63, 3.8) is 0 Å². The minimum absolute atomic E-state index is 0.178. The van der Waals surface area contributed by atoms with Gasteiger partial charge in [0.25, 0.3) is 0 Å². The van der Waals surface area contributed by atoms with Gasteiger partial charge in [-0.2, -0.15) is 0 Å². The van der Waals surface area contributed by atoms with Crippen molar-refractivity contribution in [2.75, 3.05) is 5.33 Å². The first-order chi connectivity index (χ1) is 7.55. The van der Waals surface area contributed by atoms with E-state index in [0.717, 1.165) is 22.1 Å². The lowest BCUT2D eigenvalue weighted by atomic mass is 9.81. The fourth-order valence-electron chi connectivity index (χ4n) is 2.18. The normalized spacial score (nSPS) is 19.5. The third kappa shape index (κ3) is 2.67. The number of benzene rings is 1. The Morgan fingerprint density at radius 3 is 2.62 bits per heavy atom. The van der Waals surface area contributed by atoms with Crippen molar-refractivity contribution < 1.29 is 4.39 Å². The summed E-state index contributed by atoms with van der Waals surface area (Å²) >= 11 is 7.06. The molecular formula is C13H15Br2F. The Morgan fingerprint density at radius 1 is 1.44 bits per heavy atom. The molecule has 0 aliphatic heterocycles. The molecule has 0 saturated heterocycles. The second-order valence-electron chi connectivity index (χ2n) is 4.97. The van der Waals surface area contributed by atoms with Crippen molar-refractivity contribution in [1.82, 2.24) is 0 Å². The van der Waals surface area contributed by atoms with Crippen LogP contribution in [0.4, 0.5) is 4.39 Å². The van der Waals surface area contributed by atoms with Gasteiger partial charge in [-0.1, -0.05) is 44.8 Å². The third-order valence-corrected chi connectivity index (χ3v) is 5.50. The highest BCUT2D eigenvalue weighted by atomic mass is 79.9. The van der Waals surface area contributed by atoms with Crippen LogP contribution in [0.5, 0.6) is 0 Å².